The molecule has 3 aromatic rings. The molecule has 0 unspecified atom stereocenters. The van der Waals surface area contributed by atoms with Crippen molar-refractivity contribution >= 4 is 11.0 Å². The van der Waals surface area contributed by atoms with E-state index in [1.165, 1.54) is 0 Å². The first-order valence-corrected chi connectivity index (χ1v) is 6.45. The molecule has 1 aromatic heterocycles. The van der Waals surface area contributed by atoms with Crippen molar-refractivity contribution < 1.29 is 23.7 Å². The van der Waals surface area contributed by atoms with Gasteiger partial charge in [0.15, 0.2) is 11.5 Å². The molecule has 5 nitrogen and oxygen atoms in total. The number of phenolic OH excluding ortho intramolecular Hbond substituents is 1. The van der Waals surface area contributed by atoms with E-state index in [0.717, 1.165) is 10.9 Å². The van der Waals surface area contributed by atoms with Gasteiger partial charge in [0.05, 0.1) is 12.7 Å². The Morgan fingerprint density at radius 2 is 1.86 bits per heavy atom. The minimum Gasteiger partial charge on any atom is -0.508 e. The molecule has 4 rings (SSSR count). The first-order chi connectivity index (χ1) is 10.2. The van der Waals surface area contributed by atoms with Crippen molar-refractivity contribution in [2.24, 2.45) is 0 Å². The molecule has 0 radical (unpaired) electrons. The molecule has 0 amide bonds. The van der Waals surface area contributed by atoms with Gasteiger partial charge in [-0.1, -0.05) is 0 Å². The van der Waals surface area contributed by atoms with Gasteiger partial charge in [0.1, 0.15) is 22.8 Å². The summed E-state index contributed by atoms with van der Waals surface area (Å²) in [4.78, 5) is 0. The van der Waals surface area contributed by atoms with Crippen molar-refractivity contribution in [1.82, 2.24) is 0 Å². The van der Waals surface area contributed by atoms with E-state index in [0.29, 0.717) is 28.6 Å². The van der Waals surface area contributed by atoms with Crippen molar-refractivity contribution in [2.45, 2.75) is 0 Å². The highest BCUT2D eigenvalue weighted by Crippen LogP contribution is 2.43. The second-order valence-corrected chi connectivity index (χ2v) is 4.74. The van der Waals surface area contributed by atoms with Crippen molar-refractivity contribution in [3.63, 3.8) is 0 Å². The Labute approximate surface area is 120 Å². The van der Waals surface area contributed by atoms with Gasteiger partial charge in [-0.05, 0) is 24.3 Å². The Kier molecular flexibility index (Phi) is 2.47. The second-order valence-electron chi connectivity index (χ2n) is 4.74. The zero-order valence-electron chi connectivity index (χ0n) is 11.3. The fraction of sp³-hybridized carbons (Fsp3) is 0.125. The number of ether oxygens (including phenoxy) is 3. The van der Waals surface area contributed by atoms with Gasteiger partial charge in [-0.2, -0.15) is 0 Å². The van der Waals surface area contributed by atoms with Crippen LogP contribution in [-0.4, -0.2) is 19.0 Å². The fourth-order valence-electron chi connectivity index (χ4n) is 2.44. The van der Waals surface area contributed by atoms with Crippen LogP contribution in [0.2, 0.25) is 0 Å². The molecule has 0 spiro atoms. The van der Waals surface area contributed by atoms with Crippen LogP contribution in [-0.2, 0) is 0 Å². The Bertz CT molecular complexity index is 834. The van der Waals surface area contributed by atoms with E-state index in [2.05, 4.69) is 0 Å². The van der Waals surface area contributed by atoms with Crippen LogP contribution in [0.3, 0.4) is 0 Å². The summed E-state index contributed by atoms with van der Waals surface area (Å²) in [6.07, 6.45) is 0. The van der Waals surface area contributed by atoms with Crippen LogP contribution in [0.1, 0.15) is 0 Å². The molecule has 0 atom stereocenters. The summed E-state index contributed by atoms with van der Waals surface area (Å²) in [5, 5.41) is 10.4. The molecule has 1 aliphatic heterocycles. The number of hydrogen-bond acceptors (Lipinski definition) is 5. The van der Waals surface area contributed by atoms with Crippen molar-refractivity contribution in [3.05, 3.63) is 36.4 Å². The van der Waals surface area contributed by atoms with Crippen LogP contribution < -0.4 is 14.2 Å². The Hall–Kier alpha value is -2.82. The zero-order chi connectivity index (χ0) is 14.4. The lowest BCUT2D eigenvalue weighted by molar-refractivity contribution is 0.174. The molecular formula is C16H12O5. The molecule has 2 heterocycles. The first kappa shape index (κ1) is 12.0. The molecule has 1 N–H and O–H groups in total. The van der Waals surface area contributed by atoms with E-state index in [-0.39, 0.29) is 12.5 Å². The summed E-state index contributed by atoms with van der Waals surface area (Å²) in [5.41, 5.74) is 1.39. The summed E-state index contributed by atoms with van der Waals surface area (Å²) in [5.74, 6) is 2.77. The molecule has 0 bridgehead atoms. The number of rotatable bonds is 2. The molecule has 106 valence electrons. The predicted octanol–water partition coefficient (Wildman–Crippen LogP) is 3.54. The van der Waals surface area contributed by atoms with Crippen LogP contribution >= 0.6 is 0 Å². The summed E-state index contributed by atoms with van der Waals surface area (Å²) in [7, 11) is 1.59. The van der Waals surface area contributed by atoms with Crippen LogP contribution in [0.25, 0.3) is 22.3 Å². The number of fused-ring (bicyclic) bond motifs is 2. The number of aromatic hydroxyl groups is 1. The van der Waals surface area contributed by atoms with Gasteiger partial charge in [0, 0.05) is 17.5 Å². The number of hydrogen-bond donors (Lipinski definition) is 1. The molecule has 2 aromatic carbocycles. The fourth-order valence-corrected chi connectivity index (χ4v) is 2.44. The third-order valence-electron chi connectivity index (χ3n) is 3.46. The summed E-state index contributed by atoms with van der Waals surface area (Å²) in [6, 6.07) is 10.5. The highest BCUT2D eigenvalue weighted by atomic mass is 16.7. The van der Waals surface area contributed by atoms with Gasteiger partial charge in [-0.25, -0.2) is 0 Å². The quantitative estimate of drug-likeness (QED) is 0.779. The van der Waals surface area contributed by atoms with E-state index in [1.807, 2.05) is 12.1 Å². The van der Waals surface area contributed by atoms with Gasteiger partial charge in [0.25, 0.3) is 0 Å². The number of benzene rings is 2. The lowest BCUT2D eigenvalue weighted by Crippen LogP contribution is -1.92. The lowest BCUT2D eigenvalue weighted by atomic mass is 10.1. The highest BCUT2D eigenvalue weighted by Gasteiger charge is 2.20. The van der Waals surface area contributed by atoms with Crippen molar-refractivity contribution in [1.29, 1.82) is 0 Å². The molecule has 21 heavy (non-hydrogen) atoms. The predicted molar refractivity (Wildman–Crippen MR) is 76.0 cm³/mol. The third kappa shape index (κ3) is 1.86. The maximum atomic E-state index is 9.52. The minimum atomic E-state index is 0.168. The van der Waals surface area contributed by atoms with Crippen LogP contribution in [0.4, 0.5) is 0 Å². The standard InChI is InChI=1S/C16H12O5/c1-18-13-7-16-15(19-8-20-16)6-11(13)14-4-9-2-3-10(17)5-12(9)21-14/h2-7,17H,8H2,1H3. The van der Waals surface area contributed by atoms with Gasteiger partial charge < -0.3 is 23.7 Å². The topological polar surface area (TPSA) is 61.1 Å². The van der Waals surface area contributed by atoms with E-state index in [1.54, 1.807) is 31.4 Å². The van der Waals surface area contributed by atoms with Gasteiger partial charge in [-0.3, -0.25) is 0 Å². The van der Waals surface area contributed by atoms with Gasteiger partial charge in [-0.15, -0.1) is 0 Å². The maximum absolute atomic E-state index is 9.52. The van der Waals surface area contributed by atoms with E-state index in [9.17, 15) is 5.11 Å². The van der Waals surface area contributed by atoms with Crippen LogP contribution in [0.15, 0.2) is 40.8 Å². The number of methoxy groups -OCH3 is 1. The zero-order valence-corrected chi connectivity index (χ0v) is 11.3. The highest BCUT2D eigenvalue weighted by molar-refractivity contribution is 5.85. The third-order valence-corrected chi connectivity index (χ3v) is 3.46. The van der Waals surface area contributed by atoms with E-state index >= 15 is 0 Å². The summed E-state index contributed by atoms with van der Waals surface area (Å²) >= 11 is 0. The van der Waals surface area contributed by atoms with Crippen LogP contribution in [0, 0.1) is 0 Å². The maximum Gasteiger partial charge on any atom is 0.231 e. The normalized spacial score (nSPS) is 12.8. The molecule has 0 fully saturated rings. The average Bonchev–Trinajstić information content (AvgIpc) is 3.10. The van der Waals surface area contributed by atoms with E-state index < -0.39 is 0 Å². The van der Waals surface area contributed by atoms with E-state index in [4.69, 9.17) is 18.6 Å². The molecule has 1 aliphatic rings. The van der Waals surface area contributed by atoms with Crippen LogP contribution in [0.5, 0.6) is 23.0 Å². The molecule has 5 heteroatoms. The van der Waals surface area contributed by atoms with Crippen molar-refractivity contribution in [2.75, 3.05) is 13.9 Å². The molecule has 0 saturated heterocycles. The molecular weight excluding hydrogens is 272 g/mol. The molecule has 0 saturated carbocycles. The Balaban J connectivity index is 1.91. The Morgan fingerprint density at radius 1 is 1.05 bits per heavy atom. The average molecular weight is 284 g/mol. The SMILES string of the molecule is COc1cc2c(cc1-c1cc3ccc(O)cc3o1)OCO2. The minimum absolute atomic E-state index is 0.168. The second kappa shape index (κ2) is 4.34. The number of phenols is 1. The summed E-state index contributed by atoms with van der Waals surface area (Å²) in [6.45, 7) is 0.204. The van der Waals surface area contributed by atoms with Gasteiger partial charge >= 0.3 is 0 Å². The summed E-state index contributed by atoms with van der Waals surface area (Å²) < 4.78 is 21.9. The largest absolute Gasteiger partial charge is 0.508 e. The smallest absolute Gasteiger partial charge is 0.231 e. The first-order valence-electron chi connectivity index (χ1n) is 6.45. The monoisotopic (exact) mass is 284 g/mol. The Morgan fingerprint density at radius 3 is 2.67 bits per heavy atom. The molecule has 0 aliphatic carbocycles. The van der Waals surface area contributed by atoms with Crippen molar-refractivity contribution in [3.8, 4) is 34.3 Å². The number of furan rings is 1. The lowest BCUT2D eigenvalue weighted by Gasteiger charge is -2.07. The van der Waals surface area contributed by atoms with Gasteiger partial charge in [0.2, 0.25) is 6.79 Å².